The number of hydrogen-bond donors (Lipinski definition) is 2. The van der Waals surface area contributed by atoms with Crippen LogP contribution in [0, 0.1) is 0 Å². The van der Waals surface area contributed by atoms with Crippen LogP contribution in [-0.4, -0.2) is 28.1 Å². The summed E-state index contributed by atoms with van der Waals surface area (Å²) in [7, 11) is 0. The molecule has 5 heteroatoms. The van der Waals surface area contributed by atoms with E-state index in [1.807, 2.05) is 24.3 Å². The van der Waals surface area contributed by atoms with Crippen LogP contribution in [0.4, 0.5) is 0 Å². The molecule has 0 saturated carbocycles. The maximum absolute atomic E-state index is 11.5. The van der Waals surface area contributed by atoms with E-state index in [0.29, 0.717) is 5.06 Å². The highest BCUT2D eigenvalue weighted by molar-refractivity contribution is 6.35. The minimum atomic E-state index is -0.886. The van der Waals surface area contributed by atoms with Gasteiger partial charge in [0, 0.05) is 0 Å². The minimum absolute atomic E-state index is 0.194. The first-order chi connectivity index (χ1) is 8.18. The van der Waals surface area contributed by atoms with Crippen molar-refractivity contribution in [2.45, 2.75) is 24.9 Å². The van der Waals surface area contributed by atoms with Gasteiger partial charge in [-0.1, -0.05) is 24.3 Å². The largest absolute Gasteiger partial charge is 0.342 e. The number of carbonyl (C=O) groups is 2. The number of nitrogens with one attached hydrogen (secondary N) is 1. The zero-order valence-electron chi connectivity index (χ0n) is 9.09. The van der Waals surface area contributed by atoms with Crippen LogP contribution in [0.5, 0.6) is 0 Å². The van der Waals surface area contributed by atoms with Gasteiger partial charge >= 0.3 is 11.8 Å². The van der Waals surface area contributed by atoms with Crippen LogP contribution in [0.25, 0.3) is 0 Å². The summed E-state index contributed by atoms with van der Waals surface area (Å²) >= 11 is 0. The summed E-state index contributed by atoms with van der Waals surface area (Å²) in [5, 5.41) is 13.0. The summed E-state index contributed by atoms with van der Waals surface area (Å²) in [6.45, 7) is 0. The molecular weight excluding hydrogens is 220 g/mol. The monoisotopic (exact) mass is 232 g/mol. The predicted molar refractivity (Wildman–Crippen MR) is 58.1 cm³/mol. The van der Waals surface area contributed by atoms with Crippen LogP contribution in [0.3, 0.4) is 0 Å². The Morgan fingerprint density at radius 1 is 1.29 bits per heavy atom. The Labute approximate surface area is 98.0 Å². The molecule has 17 heavy (non-hydrogen) atoms. The number of fused-ring (bicyclic) bond motifs is 3. The fraction of sp³-hybridized carbons (Fsp3) is 0.333. The fourth-order valence-corrected chi connectivity index (χ4v) is 2.65. The summed E-state index contributed by atoms with van der Waals surface area (Å²) in [4.78, 5) is 22.8. The van der Waals surface area contributed by atoms with Crippen molar-refractivity contribution in [1.82, 2.24) is 10.4 Å². The van der Waals surface area contributed by atoms with Crippen molar-refractivity contribution in [3.63, 3.8) is 0 Å². The first-order valence-corrected chi connectivity index (χ1v) is 5.59. The SMILES string of the molecule is O=C1NC2CCc3ccccc3C2N(O)C1=O. The first-order valence-electron chi connectivity index (χ1n) is 5.59. The van der Waals surface area contributed by atoms with Gasteiger partial charge in [0.15, 0.2) is 0 Å². The molecule has 2 amide bonds. The summed E-state index contributed by atoms with van der Waals surface area (Å²) in [6.07, 6.45) is 1.58. The smallest absolute Gasteiger partial charge is 0.335 e. The Bertz CT molecular complexity index is 500. The number of piperazine rings is 1. The van der Waals surface area contributed by atoms with Crippen molar-refractivity contribution in [2.75, 3.05) is 0 Å². The van der Waals surface area contributed by atoms with E-state index in [0.717, 1.165) is 24.0 Å². The van der Waals surface area contributed by atoms with Gasteiger partial charge in [0.2, 0.25) is 0 Å². The minimum Gasteiger partial charge on any atom is -0.342 e. The molecule has 2 N–H and O–H groups in total. The molecule has 2 unspecified atom stereocenters. The van der Waals surface area contributed by atoms with Crippen LogP contribution in [0.2, 0.25) is 0 Å². The predicted octanol–water partition coefficient (Wildman–Crippen LogP) is 0.390. The molecule has 1 aliphatic carbocycles. The molecular formula is C12H12N2O3. The number of benzene rings is 1. The Kier molecular flexibility index (Phi) is 2.16. The number of hydroxylamine groups is 2. The van der Waals surface area contributed by atoms with E-state index in [-0.39, 0.29) is 6.04 Å². The van der Waals surface area contributed by atoms with Gasteiger partial charge in [-0.25, -0.2) is 5.06 Å². The second kappa shape index (κ2) is 3.56. The quantitative estimate of drug-likeness (QED) is 0.502. The van der Waals surface area contributed by atoms with E-state index < -0.39 is 17.9 Å². The second-order valence-electron chi connectivity index (χ2n) is 4.41. The van der Waals surface area contributed by atoms with E-state index in [1.165, 1.54) is 0 Å². The summed E-state index contributed by atoms with van der Waals surface area (Å²) < 4.78 is 0. The highest BCUT2D eigenvalue weighted by Gasteiger charge is 2.43. The van der Waals surface area contributed by atoms with Gasteiger partial charge < -0.3 is 5.32 Å². The molecule has 0 aromatic heterocycles. The maximum Gasteiger partial charge on any atom is 0.335 e. The highest BCUT2D eigenvalue weighted by atomic mass is 16.5. The molecule has 2 atom stereocenters. The zero-order chi connectivity index (χ0) is 12.0. The van der Waals surface area contributed by atoms with Crippen molar-refractivity contribution in [3.05, 3.63) is 35.4 Å². The average molecular weight is 232 g/mol. The Hall–Kier alpha value is -1.88. The van der Waals surface area contributed by atoms with Crippen molar-refractivity contribution in [1.29, 1.82) is 0 Å². The maximum atomic E-state index is 11.5. The lowest BCUT2D eigenvalue weighted by molar-refractivity contribution is -0.191. The average Bonchev–Trinajstić information content (AvgIpc) is 2.35. The number of amides is 2. The van der Waals surface area contributed by atoms with Gasteiger partial charge in [0.1, 0.15) is 6.04 Å². The van der Waals surface area contributed by atoms with Crippen molar-refractivity contribution < 1.29 is 14.8 Å². The standard InChI is InChI=1S/C12H12N2O3/c15-11-12(16)14(17)10-8-4-2-1-3-7(8)5-6-9(10)13-11/h1-4,9-10,17H,5-6H2,(H,13,15). The molecule has 2 aliphatic rings. The zero-order valence-corrected chi connectivity index (χ0v) is 9.09. The summed E-state index contributed by atoms with van der Waals surface area (Å²) in [6, 6.07) is 7.03. The van der Waals surface area contributed by atoms with Crippen molar-refractivity contribution in [3.8, 4) is 0 Å². The van der Waals surface area contributed by atoms with E-state index in [9.17, 15) is 14.8 Å². The van der Waals surface area contributed by atoms with Crippen LogP contribution < -0.4 is 5.32 Å². The molecule has 0 radical (unpaired) electrons. The van der Waals surface area contributed by atoms with Gasteiger partial charge in [-0.15, -0.1) is 0 Å². The molecule has 3 rings (SSSR count). The summed E-state index contributed by atoms with van der Waals surface area (Å²) in [5.41, 5.74) is 2.04. The van der Waals surface area contributed by atoms with Crippen LogP contribution in [0.15, 0.2) is 24.3 Å². The second-order valence-corrected chi connectivity index (χ2v) is 4.41. The van der Waals surface area contributed by atoms with E-state index in [4.69, 9.17) is 0 Å². The number of aryl methyl sites for hydroxylation is 1. The number of nitrogens with zero attached hydrogens (tertiary/aromatic N) is 1. The molecule has 1 heterocycles. The van der Waals surface area contributed by atoms with E-state index in [2.05, 4.69) is 5.32 Å². The molecule has 1 aromatic rings. The molecule has 1 fully saturated rings. The molecule has 1 aromatic carbocycles. The molecule has 0 bridgehead atoms. The molecule has 1 aliphatic heterocycles. The molecule has 88 valence electrons. The normalized spacial score (nSPS) is 27.2. The number of rotatable bonds is 0. The number of carbonyl (C=O) groups excluding carboxylic acids is 2. The topological polar surface area (TPSA) is 69.6 Å². The lowest BCUT2D eigenvalue weighted by Crippen LogP contribution is -2.59. The Morgan fingerprint density at radius 2 is 2.06 bits per heavy atom. The third-order valence-electron chi connectivity index (χ3n) is 3.46. The fourth-order valence-electron chi connectivity index (χ4n) is 2.65. The van der Waals surface area contributed by atoms with Gasteiger partial charge in [-0.2, -0.15) is 0 Å². The first kappa shape index (κ1) is 10.3. The van der Waals surface area contributed by atoms with Gasteiger partial charge in [-0.3, -0.25) is 14.8 Å². The highest BCUT2D eigenvalue weighted by Crippen LogP contribution is 2.35. The van der Waals surface area contributed by atoms with Crippen LogP contribution in [0.1, 0.15) is 23.6 Å². The third-order valence-corrected chi connectivity index (χ3v) is 3.46. The van der Waals surface area contributed by atoms with Gasteiger partial charge in [0.05, 0.1) is 6.04 Å². The molecule has 0 spiro atoms. The van der Waals surface area contributed by atoms with Crippen molar-refractivity contribution >= 4 is 11.8 Å². The van der Waals surface area contributed by atoms with Gasteiger partial charge in [0.25, 0.3) is 0 Å². The van der Waals surface area contributed by atoms with E-state index >= 15 is 0 Å². The van der Waals surface area contributed by atoms with Gasteiger partial charge in [-0.05, 0) is 24.0 Å². The molecule has 1 saturated heterocycles. The number of hydrogen-bond acceptors (Lipinski definition) is 3. The summed E-state index contributed by atoms with van der Waals surface area (Å²) in [5.74, 6) is -1.61. The lowest BCUT2D eigenvalue weighted by Gasteiger charge is -2.41. The van der Waals surface area contributed by atoms with E-state index in [1.54, 1.807) is 0 Å². The van der Waals surface area contributed by atoms with Crippen LogP contribution >= 0.6 is 0 Å². The Balaban J connectivity index is 2.06. The van der Waals surface area contributed by atoms with Crippen molar-refractivity contribution in [2.24, 2.45) is 0 Å². The third kappa shape index (κ3) is 1.43. The van der Waals surface area contributed by atoms with Crippen LogP contribution in [-0.2, 0) is 16.0 Å². The Morgan fingerprint density at radius 3 is 2.88 bits per heavy atom. The molecule has 5 nitrogen and oxygen atoms in total. The lowest BCUT2D eigenvalue weighted by atomic mass is 9.82.